The molecule has 2 N–H and O–H groups in total. The Morgan fingerprint density at radius 2 is 2.19 bits per heavy atom. The Bertz CT molecular complexity index is 540. The summed E-state index contributed by atoms with van der Waals surface area (Å²) < 4.78 is 0. The van der Waals surface area contributed by atoms with Gasteiger partial charge in [-0.25, -0.2) is 0 Å². The molecule has 0 aliphatic carbocycles. The van der Waals surface area contributed by atoms with E-state index in [0.717, 1.165) is 13.0 Å². The molecule has 0 spiro atoms. The van der Waals surface area contributed by atoms with Crippen LogP contribution in [0.3, 0.4) is 0 Å². The van der Waals surface area contributed by atoms with Gasteiger partial charge in [-0.1, -0.05) is 13.0 Å². The first-order valence-electron chi connectivity index (χ1n) is 7.76. The van der Waals surface area contributed by atoms with Gasteiger partial charge in [-0.05, 0) is 54.9 Å². The molecule has 21 heavy (non-hydrogen) atoms. The Morgan fingerprint density at radius 3 is 2.86 bits per heavy atom. The van der Waals surface area contributed by atoms with Crippen LogP contribution in [0.2, 0.25) is 0 Å². The minimum Gasteiger partial charge on any atom is -0.326 e. The Morgan fingerprint density at radius 1 is 1.38 bits per heavy atom. The van der Waals surface area contributed by atoms with Crippen molar-refractivity contribution in [2.75, 3.05) is 6.54 Å². The van der Waals surface area contributed by atoms with Crippen LogP contribution in [0.4, 0.5) is 0 Å². The van der Waals surface area contributed by atoms with E-state index in [1.165, 1.54) is 23.3 Å². The fourth-order valence-corrected chi connectivity index (χ4v) is 4.29. The molecule has 112 valence electrons. The molecule has 0 radical (unpaired) electrons. The number of thiophene rings is 1. The highest BCUT2D eigenvalue weighted by molar-refractivity contribution is 7.10. The minimum atomic E-state index is 0.186. The highest BCUT2D eigenvalue weighted by Gasteiger charge is 2.35. The first-order chi connectivity index (χ1) is 10.3. The summed E-state index contributed by atoms with van der Waals surface area (Å²) in [6, 6.07) is 9.64. The smallest absolute Gasteiger partial charge is 0.0598 e. The quantitative estimate of drug-likeness (QED) is 0.914. The maximum atomic E-state index is 6.48. The maximum Gasteiger partial charge on any atom is 0.0598 e. The van der Waals surface area contributed by atoms with Crippen molar-refractivity contribution in [1.29, 1.82) is 0 Å². The molecule has 3 rings (SSSR count). The summed E-state index contributed by atoms with van der Waals surface area (Å²) in [5.74, 6) is 0. The Balaban J connectivity index is 1.91. The standard InChI is InChI=1S/C17H23N3S/c1-2-14(18)17(16-6-4-12-21-16)20-11-3-5-15(20)13-7-9-19-10-8-13/h4,6-10,12,14-15,17H,2-3,5,11,18H2,1H3. The van der Waals surface area contributed by atoms with E-state index >= 15 is 0 Å². The van der Waals surface area contributed by atoms with Crippen molar-refractivity contribution in [3.05, 3.63) is 52.5 Å². The summed E-state index contributed by atoms with van der Waals surface area (Å²) in [5.41, 5.74) is 7.85. The summed E-state index contributed by atoms with van der Waals surface area (Å²) in [6.45, 7) is 3.31. The van der Waals surface area contributed by atoms with E-state index in [-0.39, 0.29) is 6.04 Å². The number of likely N-dealkylation sites (tertiary alicyclic amines) is 1. The van der Waals surface area contributed by atoms with E-state index in [9.17, 15) is 0 Å². The van der Waals surface area contributed by atoms with Crippen molar-refractivity contribution in [2.24, 2.45) is 5.73 Å². The van der Waals surface area contributed by atoms with E-state index in [1.54, 1.807) is 0 Å². The first kappa shape index (κ1) is 14.7. The van der Waals surface area contributed by atoms with E-state index < -0.39 is 0 Å². The monoisotopic (exact) mass is 301 g/mol. The summed E-state index contributed by atoms with van der Waals surface area (Å²) in [5, 5.41) is 2.15. The predicted molar refractivity (Wildman–Crippen MR) is 88.2 cm³/mol. The molecule has 2 aromatic rings. The second-order valence-corrected chi connectivity index (χ2v) is 6.69. The number of pyridine rings is 1. The molecule has 0 amide bonds. The minimum absolute atomic E-state index is 0.186. The lowest BCUT2D eigenvalue weighted by atomic mass is 9.99. The van der Waals surface area contributed by atoms with Gasteiger partial charge in [-0.15, -0.1) is 11.3 Å². The van der Waals surface area contributed by atoms with Crippen molar-refractivity contribution < 1.29 is 0 Å². The van der Waals surface area contributed by atoms with Crippen molar-refractivity contribution >= 4 is 11.3 Å². The Hall–Kier alpha value is -1.23. The molecule has 3 unspecified atom stereocenters. The number of nitrogens with two attached hydrogens (primary N) is 1. The lowest BCUT2D eigenvalue weighted by Gasteiger charge is -2.36. The lowest BCUT2D eigenvalue weighted by molar-refractivity contribution is 0.157. The largest absolute Gasteiger partial charge is 0.326 e. The van der Waals surface area contributed by atoms with E-state index in [4.69, 9.17) is 5.73 Å². The fourth-order valence-electron chi connectivity index (χ4n) is 3.37. The second kappa shape index (κ2) is 6.69. The number of hydrogen-bond donors (Lipinski definition) is 1. The molecule has 4 heteroatoms. The van der Waals surface area contributed by atoms with Gasteiger partial charge in [-0.3, -0.25) is 9.88 Å². The molecular weight excluding hydrogens is 278 g/mol. The van der Waals surface area contributed by atoms with Gasteiger partial charge < -0.3 is 5.73 Å². The van der Waals surface area contributed by atoms with Gasteiger partial charge in [0.05, 0.1) is 6.04 Å². The van der Waals surface area contributed by atoms with E-state index in [1.807, 2.05) is 23.7 Å². The molecule has 0 aromatic carbocycles. The van der Waals surface area contributed by atoms with Crippen LogP contribution in [0.25, 0.3) is 0 Å². The van der Waals surface area contributed by atoms with Gasteiger partial charge in [0.15, 0.2) is 0 Å². The molecule has 3 atom stereocenters. The van der Waals surface area contributed by atoms with E-state index in [2.05, 4.69) is 46.5 Å². The molecule has 3 nitrogen and oxygen atoms in total. The van der Waals surface area contributed by atoms with Crippen molar-refractivity contribution in [3.8, 4) is 0 Å². The topological polar surface area (TPSA) is 42.1 Å². The van der Waals surface area contributed by atoms with Crippen LogP contribution in [-0.2, 0) is 0 Å². The predicted octanol–water partition coefficient (Wildman–Crippen LogP) is 3.76. The van der Waals surface area contributed by atoms with Gasteiger partial charge in [-0.2, -0.15) is 0 Å². The maximum absolute atomic E-state index is 6.48. The van der Waals surface area contributed by atoms with Crippen LogP contribution < -0.4 is 5.73 Å². The second-order valence-electron chi connectivity index (χ2n) is 5.71. The van der Waals surface area contributed by atoms with Crippen molar-refractivity contribution in [2.45, 2.75) is 44.3 Å². The van der Waals surface area contributed by atoms with Crippen LogP contribution in [0.15, 0.2) is 42.0 Å². The van der Waals surface area contributed by atoms with Crippen LogP contribution in [-0.4, -0.2) is 22.5 Å². The summed E-state index contributed by atoms with van der Waals surface area (Å²) in [7, 11) is 0. The number of rotatable bonds is 5. The Labute approximate surface area is 130 Å². The molecule has 2 aromatic heterocycles. The van der Waals surface area contributed by atoms with Crippen LogP contribution >= 0.6 is 11.3 Å². The van der Waals surface area contributed by atoms with Gasteiger partial charge in [0.1, 0.15) is 0 Å². The van der Waals surface area contributed by atoms with Crippen molar-refractivity contribution in [1.82, 2.24) is 9.88 Å². The lowest BCUT2D eigenvalue weighted by Crippen LogP contribution is -2.40. The molecule has 3 heterocycles. The summed E-state index contributed by atoms with van der Waals surface area (Å²) >= 11 is 1.82. The van der Waals surface area contributed by atoms with E-state index in [0.29, 0.717) is 12.1 Å². The average molecular weight is 301 g/mol. The van der Waals surface area contributed by atoms with Gasteiger partial charge >= 0.3 is 0 Å². The summed E-state index contributed by atoms with van der Waals surface area (Å²) in [4.78, 5) is 8.15. The van der Waals surface area contributed by atoms with Crippen LogP contribution in [0.1, 0.15) is 48.7 Å². The summed E-state index contributed by atoms with van der Waals surface area (Å²) in [6.07, 6.45) is 7.24. The highest BCUT2D eigenvalue weighted by atomic mass is 32.1. The molecule has 1 aliphatic rings. The highest BCUT2D eigenvalue weighted by Crippen LogP contribution is 2.41. The third-order valence-electron chi connectivity index (χ3n) is 4.45. The fraction of sp³-hybridized carbons (Fsp3) is 0.471. The van der Waals surface area contributed by atoms with Crippen LogP contribution in [0.5, 0.6) is 0 Å². The average Bonchev–Trinajstić information content (AvgIpc) is 3.20. The zero-order valence-corrected chi connectivity index (χ0v) is 13.3. The third kappa shape index (κ3) is 3.03. The number of hydrogen-bond acceptors (Lipinski definition) is 4. The van der Waals surface area contributed by atoms with Gasteiger partial charge in [0.2, 0.25) is 0 Å². The molecule has 1 aliphatic heterocycles. The zero-order valence-electron chi connectivity index (χ0n) is 12.5. The zero-order chi connectivity index (χ0) is 14.7. The Kier molecular flexibility index (Phi) is 4.68. The van der Waals surface area contributed by atoms with Gasteiger partial charge in [0.25, 0.3) is 0 Å². The SMILES string of the molecule is CCC(N)C(c1cccs1)N1CCCC1c1ccncc1. The third-order valence-corrected chi connectivity index (χ3v) is 5.40. The molecule has 1 saturated heterocycles. The number of aromatic nitrogens is 1. The molecule has 1 fully saturated rings. The number of nitrogens with zero attached hydrogens (tertiary/aromatic N) is 2. The molecule has 0 saturated carbocycles. The normalized spacial score (nSPS) is 22.3. The molecular formula is C17H23N3S. The first-order valence-corrected chi connectivity index (χ1v) is 8.64. The van der Waals surface area contributed by atoms with Crippen molar-refractivity contribution in [3.63, 3.8) is 0 Å². The van der Waals surface area contributed by atoms with Crippen LogP contribution in [0, 0.1) is 0 Å². The molecule has 0 bridgehead atoms. The van der Waals surface area contributed by atoms with Gasteiger partial charge in [0, 0.05) is 29.4 Å².